The van der Waals surface area contributed by atoms with Gasteiger partial charge in [-0.25, -0.2) is 0 Å². The Kier molecular flexibility index (Phi) is 38.4. The van der Waals surface area contributed by atoms with E-state index in [1.807, 2.05) is 0 Å². The largest absolute Gasteiger partial charge is 0.460 e. The second-order valence-electron chi connectivity index (χ2n) is 4.41. The summed E-state index contributed by atoms with van der Waals surface area (Å²) in [6.45, 7) is 12.5. The summed E-state index contributed by atoms with van der Waals surface area (Å²) in [7, 11) is 0. The van der Waals surface area contributed by atoms with Crippen LogP contribution < -0.4 is 0 Å². The van der Waals surface area contributed by atoms with Crippen molar-refractivity contribution in [3.05, 3.63) is 0 Å². The first-order valence-corrected chi connectivity index (χ1v) is 6.59. The van der Waals surface area contributed by atoms with Gasteiger partial charge in [0.15, 0.2) is 0 Å². The van der Waals surface area contributed by atoms with Crippen LogP contribution in [0.4, 0.5) is 0 Å². The summed E-state index contributed by atoms with van der Waals surface area (Å²) in [6.07, 6.45) is -0.128. The van der Waals surface area contributed by atoms with Crippen molar-refractivity contribution in [3.8, 4) is 0 Å². The predicted octanol–water partition coefficient (Wildman–Crippen LogP) is 1.30. The van der Waals surface area contributed by atoms with E-state index in [9.17, 15) is 9.59 Å². The van der Waals surface area contributed by atoms with Crippen molar-refractivity contribution in [2.45, 2.75) is 60.5 Å². The van der Waals surface area contributed by atoms with Gasteiger partial charge in [-0.15, -0.1) is 0 Å². The maximum absolute atomic E-state index is 10.8. The van der Waals surface area contributed by atoms with Crippen molar-refractivity contribution >= 4 is 11.8 Å². The number of rotatable bonds is 2. The van der Waals surface area contributed by atoms with Crippen LogP contribution in [0.2, 0.25) is 0 Å². The number of Topliss-reactive ketones (excluding diaryl/α,β-unsaturated/α-hetero) is 1. The minimum atomic E-state index is -0.494. The van der Waals surface area contributed by atoms with Crippen molar-refractivity contribution in [1.29, 1.82) is 0 Å². The minimum absolute atomic E-state index is 0. The van der Waals surface area contributed by atoms with Crippen LogP contribution in [0.15, 0.2) is 0 Å². The topological polar surface area (TPSA) is 104 Å². The molecule has 0 amide bonds. The molecule has 0 aliphatic rings. The maximum Gasteiger partial charge on any atom is 0.313 e. The number of esters is 1. The van der Waals surface area contributed by atoms with Crippen LogP contribution in [0.3, 0.4) is 0 Å². The summed E-state index contributed by atoms with van der Waals surface area (Å²) in [6, 6.07) is 0. The summed E-state index contributed by atoms with van der Waals surface area (Å²) in [5.74, 6) is -0.621. The molecule has 0 bridgehead atoms. The average molecular weight is 344 g/mol. The van der Waals surface area contributed by atoms with E-state index in [4.69, 9.17) is 20.1 Å². The molecule has 128 valence electrons. The van der Waals surface area contributed by atoms with Crippen molar-refractivity contribution in [1.82, 2.24) is 0 Å². The molecule has 0 heterocycles. The van der Waals surface area contributed by atoms with Crippen molar-refractivity contribution in [2.24, 2.45) is 0 Å². The summed E-state index contributed by atoms with van der Waals surface area (Å²) >= 11 is 0. The second kappa shape index (κ2) is 24.7. The Hall–Kier alpha value is -0.266. The fourth-order valence-corrected chi connectivity index (χ4v) is 0.581. The summed E-state index contributed by atoms with van der Waals surface area (Å²) in [4.78, 5) is 21.3. The summed E-state index contributed by atoms with van der Waals surface area (Å²) < 4.78 is 4.89. The van der Waals surface area contributed by atoms with Gasteiger partial charge in [-0.2, -0.15) is 0 Å². The summed E-state index contributed by atoms with van der Waals surface area (Å²) in [5, 5.41) is 22.7. The van der Waals surface area contributed by atoms with Gasteiger partial charge in [0.25, 0.3) is 0 Å². The van der Waals surface area contributed by atoms with Gasteiger partial charge in [-0.3, -0.25) is 9.59 Å². The number of hydrogen-bond donors (Lipinski definition) is 3. The first-order chi connectivity index (χ1) is 9.05. The number of carbonyl (C=O) groups excluding carboxylic acids is 2. The van der Waals surface area contributed by atoms with Gasteiger partial charge in [-0.1, -0.05) is 0 Å². The second-order valence-corrected chi connectivity index (χ2v) is 4.41. The van der Waals surface area contributed by atoms with Crippen molar-refractivity contribution < 1.29 is 51.4 Å². The molecule has 0 aromatic heterocycles. The zero-order valence-electron chi connectivity index (χ0n) is 14.4. The number of aliphatic hydroxyl groups is 3. The smallest absolute Gasteiger partial charge is 0.313 e. The van der Waals surface area contributed by atoms with E-state index in [2.05, 4.69) is 0 Å². The van der Waals surface area contributed by atoms with Crippen LogP contribution in [0.1, 0.15) is 54.9 Å². The molecule has 0 atom stereocenters. The molecule has 0 unspecified atom stereocenters. The number of aliphatic hydroxyl groups excluding tert-OH is 3. The maximum atomic E-state index is 10.8. The predicted molar refractivity (Wildman–Crippen MR) is 79.4 cm³/mol. The summed E-state index contributed by atoms with van der Waals surface area (Å²) in [5.41, 5.74) is -0.494. The van der Waals surface area contributed by atoms with E-state index in [-0.39, 0.29) is 53.7 Å². The molecule has 3 N–H and O–H groups in total. The molecular formula is C14H32O6Ti. The molecule has 0 aromatic rings. The number of hydrogen-bond acceptors (Lipinski definition) is 6. The van der Waals surface area contributed by atoms with E-state index in [0.717, 1.165) is 0 Å². The van der Waals surface area contributed by atoms with Crippen LogP contribution >= 0.6 is 0 Å². The normalized spacial score (nSPS) is 8.29. The third kappa shape index (κ3) is 81.4. The molecule has 0 saturated heterocycles. The number of ketones is 1. The standard InChI is InChI=1S/C8H14O3.3C2H6O.Ti/c1-6(9)5-7(10)11-8(2,3)4;3*1-2-3;/h5H2,1-4H3;3*3H,2H2,1H3;. The first-order valence-electron chi connectivity index (χ1n) is 6.59. The van der Waals surface area contributed by atoms with Gasteiger partial charge in [0.2, 0.25) is 0 Å². The molecule has 0 aromatic carbocycles. The molecule has 0 radical (unpaired) electrons. The van der Waals surface area contributed by atoms with E-state index in [1.54, 1.807) is 41.5 Å². The zero-order chi connectivity index (χ0) is 17.2. The fraction of sp³-hybridized carbons (Fsp3) is 0.857. The SMILES string of the molecule is CC(=O)CC(=O)OC(C)(C)C.CCO.CCO.CCO.[Ti]. The molecule has 0 aliphatic carbocycles. The van der Waals surface area contributed by atoms with Gasteiger partial charge in [-0.05, 0) is 48.5 Å². The van der Waals surface area contributed by atoms with Crippen LogP contribution in [-0.4, -0.2) is 52.5 Å². The average Bonchev–Trinajstić information content (AvgIpc) is 2.15. The third-order valence-corrected chi connectivity index (χ3v) is 0.813. The Bertz CT molecular complexity index is 209. The Morgan fingerprint density at radius 1 is 0.905 bits per heavy atom. The van der Waals surface area contributed by atoms with Crippen LogP contribution in [0.25, 0.3) is 0 Å². The first kappa shape index (κ1) is 32.6. The van der Waals surface area contributed by atoms with Gasteiger partial charge < -0.3 is 20.1 Å². The minimum Gasteiger partial charge on any atom is -0.460 e. The zero-order valence-corrected chi connectivity index (χ0v) is 16.0. The molecule has 6 nitrogen and oxygen atoms in total. The number of ether oxygens (including phenoxy) is 1. The Labute approximate surface area is 143 Å². The molecule has 0 saturated carbocycles. The molecule has 7 heteroatoms. The van der Waals surface area contributed by atoms with Gasteiger partial charge in [0.1, 0.15) is 17.8 Å². The fourth-order valence-electron chi connectivity index (χ4n) is 0.581. The Morgan fingerprint density at radius 3 is 1.29 bits per heavy atom. The van der Waals surface area contributed by atoms with Crippen LogP contribution in [-0.2, 0) is 36.0 Å². The number of carbonyl (C=O) groups is 2. The van der Waals surface area contributed by atoms with E-state index in [0.29, 0.717) is 0 Å². The van der Waals surface area contributed by atoms with Gasteiger partial charge >= 0.3 is 5.97 Å². The van der Waals surface area contributed by atoms with Gasteiger partial charge in [0.05, 0.1) is 0 Å². The van der Waals surface area contributed by atoms with Crippen LogP contribution in [0, 0.1) is 0 Å². The quantitative estimate of drug-likeness (QED) is 0.396. The monoisotopic (exact) mass is 344 g/mol. The Morgan fingerprint density at radius 2 is 1.14 bits per heavy atom. The van der Waals surface area contributed by atoms with Crippen LogP contribution in [0.5, 0.6) is 0 Å². The molecule has 21 heavy (non-hydrogen) atoms. The molecular weight excluding hydrogens is 312 g/mol. The molecule has 0 fully saturated rings. The van der Waals surface area contributed by atoms with E-state index in [1.165, 1.54) is 6.92 Å². The van der Waals surface area contributed by atoms with E-state index >= 15 is 0 Å². The Balaban J connectivity index is -0.0000000711. The van der Waals surface area contributed by atoms with Gasteiger partial charge in [0, 0.05) is 41.5 Å². The molecule has 0 aliphatic heterocycles. The van der Waals surface area contributed by atoms with E-state index < -0.39 is 11.6 Å². The molecule has 0 spiro atoms. The van der Waals surface area contributed by atoms with Crippen molar-refractivity contribution in [2.75, 3.05) is 19.8 Å². The molecule has 0 rings (SSSR count). The third-order valence-electron chi connectivity index (χ3n) is 0.813. The van der Waals surface area contributed by atoms with Crippen molar-refractivity contribution in [3.63, 3.8) is 0 Å².